The number of sulfonamides is 1. The van der Waals surface area contributed by atoms with E-state index in [0.717, 1.165) is 32.6 Å². The van der Waals surface area contributed by atoms with Crippen LogP contribution < -0.4 is 10.1 Å². The van der Waals surface area contributed by atoms with Crippen molar-refractivity contribution in [3.63, 3.8) is 0 Å². The highest BCUT2D eigenvalue weighted by Crippen LogP contribution is 2.28. The fourth-order valence-electron chi connectivity index (χ4n) is 3.81. The van der Waals surface area contributed by atoms with Crippen LogP contribution in [0.15, 0.2) is 47.4 Å². The fourth-order valence-corrected chi connectivity index (χ4v) is 5.23. The fraction of sp³-hybridized carbons (Fsp3) is 0.400. The Labute approximate surface area is 172 Å². The van der Waals surface area contributed by atoms with Crippen molar-refractivity contribution in [2.24, 2.45) is 0 Å². The lowest BCUT2D eigenvalue weighted by molar-refractivity contribution is 0.182. The molecule has 2 heterocycles. The van der Waals surface area contributed by atoms with Crippen LogP contribution in [-0.2, 0) is 23.0 Å². The minimum Gasteiger partial charge on any atom is -0.497 e. The van der Waals surface area contributed by atoms with Crippen LogP contribution in [0.5, 0.6) is 5.75 Å². The smallest absolute Gasteiger partial charge is 0.243 e. The third-order valence-corrected chi connectivity index (χ3v) is 7.27. The minimum atomic E-state index is -3.45. The predicted molar refractivity (Wildman–Crippen MR) is 113 cm³/mol. The van der Waals surface area contributed by atoms with Crippen LogP contribution in [0.1, 0.15) is 11.1 Å². The summed E-state index contributed by atoms with van der Waals surface area (Å²) in [4.78, 5) is 2.65. The number of hydrogen-bond donors (Lipinski definition) is 1. The van der Waals surface area contributed by atoms with E-state index in [9.17, 15) is 8.42 Å². The van der Waals surface area contributed by atoms with Crippen molar-refractivity contribution in [2.45, 2.75) is 17.9 Å². The zero-order valence-corrected chi connectivity index (χ0v) is 17.6. The number of anilines is 1. The second kappa shape index (κ2) is 8.69. The molecule has 0 unspecified atom stereocenters. The van der Waals surface area contributed by atoms with Gasteiger partial charge in [-0.2, -0.15) is 4.31 Å². The molecule has 2 aromatic rings. The van der Waals surface area contributed by atoms with Gasteiger partial charge >= 0.3 is 0 Å². The Morgan fingerprint density at radius 2 is 1.75 bits per heavy atom. The zero-order chi connectivity index (χ0) is 18.9. The SMILES string of the molecule is COc1ccc(S(=O)(=O)N2CCN(Cc3cccc4c3NCC4)CC2)cc1.Cl. The summed E-state index contributed by atoms with van der Waals surface area (Å²) in [5, 5.41) is 3.48. The molecular formula is C20H26ClN3O3S. The van der Waals surface area contributed by atoms with Gasteiger partial charge in [0, 0.05) is 45.0 Å². The average Bonchev–Trinajstić information content (AvgIpc) is 3.18. The lowest BCUT2D eigenvalue weighted by Gasteiger charge is -2.34. The number of nitrogens with zero attached hydrogens (tertiary/aromatic N) is 2. The van der Waals surface area contributed by atoms with Crippen molar-refractivity contribution in [1.29, 1.82) is 0 Å². The molecular weight excluding hydrogens is 398 g/mol. The number of nitrogens with one attached hydrogen (secondary N) is 1. The van der Waals surface area contributed by atoms with Crippen LogP contribution in [0.3, 0.4) is 0 Å². The summed E-state index contributed by atoms with van der Waals surface area (Å²) in [6.07, 6.45) is 1.08. The van der Waals surface area contributed by atoms with Gasteiger partial charge in [0.2, 0.25) is 10.0 Å². The van der Waals surface area contributed by atoms with E-state index in [2.05, 4.69) is 28.4 Å². The van der Waals surface area contributed by atoms with E-state index in [4.69, 9.17) is 4.74 Å². The minimum absolute atomic E-state index is 0. The highest BCUT2D eigenvalue weighted by atomic mass is 35.5. The molecule has 2 aliphatic rings. The second-order valence-corrected chi connectivity index (χ2v) is 8.92. The number of fused-ring (bicyclic) bond motifs is 1. The van der Waals surface area contributed by atoms with E-state index < -0.39 is 10.0 Å². The molecule has 0 radical (unpaired) electrons. The highest BCUT2D eigenvalue weighted by molar-refractivity contribution is 7.89. The lowest BCUT2D eigenvalue weighted by atomic mass is 10.1. The van der Waals surface area contributed by atoms with E-state index in [-0.39, 0.29) is 12.4 Å². The molecule has 4 rings (SSSR count). The van der Waals surface area contributed by atoms with Gasteiger partial charge in [0.05, 0.1) is 12.0 Å². The number of para-hydroxylation sites is 1. The first-order chi connectivity index (χ1) is 13.1. The van der Waals surface area contributed by atoms with E-state index in [1.807, 2.05) is 0 Å². The van der Waals surface area contributed by atoms with Gasteiger partial charge in [-0.15, -0.1) is 12.4 Å². The van der Waals surface area contributed by atoms with Gasteiger partial charge in [0.15, 0.2) is 0 Å². The highest BCUT2D eigenvalue weighted by Gasteiger charge is 2.29. The first-order valence-electron chi connectivity index (χ1n) is 9.29. The van der Waals surface area contributed by atoms with Gasteiger partial charge in [-0.05, 0) is 41.8 Å². The summed E-state index contributed by atoms with van der Waals surface area (Å²) in [6.45, 7) is 4.35. The summed E-state index contributed by atoms with van der Waals surface area (Å²) in [5.74, 6) is 0.655. The van der Waals surface area contributed by atoms with Gasteiger partial charge < -0.3 is 10.1 Å². The number of ether oxygens (including phenoxy) is 1. The molecule has 0 spiro atoms. The molecule has 1 N–H and O–H groups in total. The Kier molecular flexibility index (Phi) is 6.50. The summed E-state index contributed by atoms with van der Waals surface area (Å²) in [6, 6.07) is 13.1. The number of piperazine rings is 1. The van der Waals surface area contributed by atoms with Crippen molar-refractivity contribution < 1.29 is 13.2 Å². The molecule has 0 saturated carbocycles. The van der Waals surface area contributed by atoms with Crippen LogP contribution in [0.25, 0.3) is 0 Å². The quantitative estimate of drug-likeness (QED) is 0.800. The van der Waals surface area contributed by atoms with Gasteiger partial charge in [-0.3, -0.25) is 4.90 Å². The van der Waals surface area contributed by atoms with E-state index in [1.165, 1.54) is 16.8 Å². The number of benzene rings is 2. The van der Waals surface area contributed by atoms with Gasteiger partial charge in [0.1, 0.15) is 5.75 Å². The Hall–Kier alpha value is -1.80. The maximum absolute atomic E-state index is 12.9. The predicted octanol–water partition coefficient (Wildman–Crippen LogP) is 2.59. The molecule has 2 aromatic carbocycles. The van der Waals surface area contributed by atoms with E-state index in [1.54, 1.807) is 35.7 Å². The third kappa shape index (κ3) is 4.12. The molecule has 1 saturated heterocycles. The van der Waals surface area contributed by atoms with Crippen molar-refractivity contribution in [3.8, 4) is 5.75 Å². The molecule has 1 fully saturated rings. The average molecular weight is 424 g/mol. The van der Waals surface area contributed by atoms with Crippen molar-refractivity contribution >= 4 is 28.1 Å². The molecule has 0 amide bonds. The lowest BCUT2D eigenvalue weighted by Crippen LogP contribution is -2.48. The molecule has 2 aliphatic heterocycles. The summed E-state index contributed by atoms with van der Waals surface area (Å²) < 4.78 is 32.4. The number of methoxy groups -OCH3 is 1. The van der Waals surface area contributed by atoms with E-state index in [0.29, 0.717) is 23.7 Å². The number of halogens is 1. The van der Waals surface area contributed by atoms with Crippen molar-refractivity contribution in [2.75, 3.05) is 45.2 Å². The molecule has 6 nitrogen and oxygen atoms in total. The van der Waals surface area contributed by atoms with Gasteiger partial charge in [0.25, 0.3) is 0 Å². The van der Waals surface area contributed by atoms with Crippen LogP contribution in [0.4, 0.5) is 5.69 Å². The second-order valence-electron chi connectivity index (χ2n) is 6.98. The third-order valence-electron chi connectivity index (χ3n) is 5.36. The van der Waals surface area contributed by atoms with E-state index >= 15 is 0 Å². The maximum Gasteiger partial charge on any atom is 0.243 e. The Morgan fingerprint density at radius 1 is 1.04 bits per heavy atom. The molecule has 0 aliphatic carbocycles. The number of rotatable bonds is 5. The summed E-state index contributed by atoms with van der Waals surface area (Å²) in [7, 11) is -1.88. The molecule has 0 atom stereocenters. The maximum atomic E-state index is 12.9. The first-order valence-corrected chi connectivity index (χ1v) is 10.7. The van der Waals surface area contributed by atoms with Gasteiger partial charge in [-0.1, -0.05) is 18.2 Å². The molecule has 28 heavy (non-hydrogen) atoms. The van der Waals surface area contributed by atoms with Crippen LogP contribution in [0, 0.1) is 0 Å². The van der Waals surface area contributed by atoms with Gasteiger partial charge in [-0.25, -0.2) is 8.42 Å². The molecule has 0 aromatic heterocycles. The van der Waals surface area contributed by atoms with Crippen LogP contribution in [-0.4, -0.2) is 57.5 Å². The Morgan fingerprint density at radius 3 is 2.43 bits per heavy atom. The Balaban J connectivity index is 0.00000225. The molecule has 8 heteroatoms. The zero-order valence-electron chi connectivity index (χ0n) is 15.9. The van der Waals surface area contributed by atoms with Crippen molar-refractivity contribution in [1.82, 2.24) is 9.21 Å². The first kappa shape index (κ1) is 20.9. The summed E-state index contributed by atoms with van der Waals surface area (Å²) in [5.41, 5.74) is 3.95. The topological polar surface area (TPSA) is 61.9 Å². The largest absolute Gasteiger partial charge is 0.497 e. The molecule has 0 bridgehead atoms. The molecule has 152 valence electrons. The monoisotopic (exact) mass is 423 g/mol. The Bertz CT molecular complexity index is 911. The summed E-state index contributed by atoms with van der Waals surface area (Å²) >= 11 is 0. The standard InChI is InChI=1S/C20H25N3O3S.ClH/c1-26-18-5-7-19(8-6-18)27(24,25)23-13-11-22(12-14-23)15-17-4-2-3-16-9-10-21-20(16)17;/h2-8,21H,9-15H2,1H3;1H. The number of hydrogen-bond acceptors (Lipinski definition) is 5. The normalized spacial score (nSPS) is 17.5. The van der Waals surface area contributed by atoms with Crippen LogP contribution in [0.2, 0.25) is 0 Å². The van der Waals surface area contributed by atoms with Crippen molar-refractivity contribution in [3.05, 3.63) is 53.6 Å². The van der Waals surface area contributed by atoms with Crippen LogP contribution >= 0.6 is 12.4 Å².